The predicted molar refractivity (Wildman–Crippen MR) is 120 cm³/mol. The number of rotatable bonds is 6. The van der Waals surface area contributed by atoms with Gasteiger partial charge in [0.2, 0.25) is 5.91 Å². The number of carbonyl (C=O) groups is 1. The summed E-state index contributed by atoms with van der Waals surface area (Å²) in [4.78, 5) is 14.9. The fourth-order valence-corrected chi connectivity index (χ4v) is 3.45. The number of benzene rings is 2. The monoisotopic (exact) mass is 423 g/mol. The Hall–Kier alpha value is -1.59. The Kier molecular flexibility index (Phi) is 10.5. The van der Waals surface area contributed by atoms with Crippen LogP contribution >= 0.6 is 24.8 Å². The lowest BCUT2D eigenvalue weighted by molar-refractivity contribution is -0.123. The van der Waals surface area contributed by atoms with E-state index in [0.717, 1.165) is 44.5 Å². The van der Waals surface area contributed by atoms with Gasteiger partial charge in [-0.15, -0.1) is 24.8 Å². The number of likely N-dealkylation sites (tertiary alicyclic amines) is 1. The minimum Gasteiger partial charge on any atom is -0.352 e. The Balaban J connectivity index is 0.00000196. The van der Waals surface area contributed by atoms with Crippen LogP contribution in [0.1, 0.15) is 35.6 Å². The van der Waals surface area contributed by atoms with Crippen molar-refractivity contribution in [3.8, 4) is 0 Å². The zero-order chi connectivity index (χ0) is 18.4. The molecule has 1 saturated heterocycles. The number of nitrogens with one attached hydrogen (secondary N) is 1. The lowest BCUT2D eigenvalue weighted by atomic mass is 10.0. The summed E-state index contributed by atoms with van der Waals surface area (Å²) in [6.45, 7) is 5.16. The molecule has 3 rings (SSSR count). The van der Waals surface area contributed by atoms with E-state index in [1.807, 2.05) is 31.2 Å². The third-order valence-electron chi connectivity index (χ3n) is 5.21. The number of carbonyl (C=O) groups excluding carboxylic acids is 1. The van der Waals surface area contributed by atoms with Crippen molar-refractivity contribution in [2.24, 2.45) is 5.73 Å². The molecule has 4 nitrogen and oxygen atoms in total. The molecule has 1 atom stereocenters. The number of nitrogens with two attached hydrogens (primary N) is 1. The summed E-state index contributed by atoms with van der Waals surface area (Å²) in [6.07, 6.45) is 3.05. The minimum absolute atomic E-state index is 0. The van der Waals surface area contributed by atoms with E-state index in [9.17, 15) is 4.79 Å². The van der Waals surface area contributed by atoms with Crippen LogP contribution in [0.5, 0.6) is 0 Å². The van der Waals surface area contributed by atoms with E-state index < -0.39 is 6.04 Å². The lowest BCUT2D eigenvalue weighted by Crippen LogP contribution is -2.47. The lowest BCUT2D eigenvalue weighted by Gasteiger charge is -2.32. The molecule has 0 aliphatic carbocycles. The van der Waals surface area contributed by atoms with Crippen molar-refractivity contribution in [2.45, 2.75) is 38.3 Å². The smallest absolute Gasteiger partial charge is 0.241 e. The molecule has 6 heteroatoms. The van der Waals surface area contributed by atoms with Crippen LogP contribution in [0.25, 0.3) is 0 Å². The van der Waals surface area contributed by atoms with Crippen LogP contribution in [-0.2, 0) is 11.2 Å². The highest BCUT2D eigenvalue weighted by Crippen LogP contribution is 2.15. The second-order valence-electron chi connectivity index (χ2n) is 7.25. The summed E-state index contributed by atoms with van der Waals surface area (Å²) in [5, 5.41) is 3.14. The summed E-state index contributed by atoms with van der Waals surface area (Å²) in [7, 11) is 0. The molecule has 1 aliphatic heterocycles. The fraction of sp³-hybridized carbons (Fsp3) is 0.409. The Morgan fingerprint density at radius 1 is 1.07 bits per heavy atom. The van der Waals surface area contributed by atoms with Crippen molar-refractivity contribution in [1.29, 1.82) is 0 Å². The number of amides is 1. The molecule has 154 valence electrons. The van der Waals surface area contributed by atoms with Gasteiger partial charge in [-0.25, -0.2) is 0 Å². The van der Waals surface area contributed by atoms with E-state index >= 15 is 0 Å². The molecule has 1 heterocycles. The normalized spacial score (nSPS) is 15.8. The van der Waals surface area contributed by atoms with Gasteiger partial charge in [0.15, 0.2) is 0 Å². The molecule has 3 N–H and O–H groups in total. The first-order chi connectivity index (χ1) is 12.6. The van der Waals surface area contributed by atoms with Gasteiger partial charge < -0.3 is 16.0 Å². The van der Waals surface area contributed by atoms with E-state index in [2.05, 4.69) is 40.5 Å². The number of halogens is 2. The number of piperidine rings is 1. The topological polar surface area (TPSA) is 58.4 Å². The minimum atomic E-state index is -0.591. The van der Waals surface area contributed by atoms with Gasteiger partial charge in [0.1, 0.15) is 6.04 Å². The van der Waals surface area contributed by atoms with Gasteiger partial charge >= 0.3 is 0 Å². The standard InChI is InChI=1S/C22H29N3O.2ClH/c1-17-7-9-19(10-8-17)21(23)22(26)24-20-12-15-25(16-13-20)14-11-18-5-3-2-4-6-18;;/h2-10,20-21H,11-16,23H2,1H3,(H,24,26);2*1H. The number of aryl methyl sites for hydroxylation is 1. The average Bonchev–Trinajstić information content (AvgIpc) is 2.68. The van der Waals surface area contributed by atoms with E-state index in [1.54, 1.807) is 0 Å². The van der Waals surface area contributed by atoms with Gasteiger partial charge in [-0.05, 0) is 37.3 Å². The highest BCUT2D eigenvalue weighted by atomic mass is 35.5. The van der Waals surface area contributed by atoms with Crippen molar-refractivity contribution in [3.05, 3.63) is 71.3 Å². The average molecular weight is 424 g/mol. The second-order valence-corrected chi connectivity index (χ2v) is 7.25. The number of hydrogen-bond acceptors (Lipinski definition) is 3. The fourth-order valence-electron chi connectivity index (χ4n) is 3.45. The van der Waals surface area contributed by atoms with E-state index in [0.29, 0.717) is 0 Å². The van der Waals surface area contributed by atoms with Crippen molar-refractivity contribution >= 4 is 30.7 Å². The molecule has 1 fully saturated rings. The van der Waals surface area contributed by atoms with Crippen LogP contribution in [0.4, 0.5) is 0 Å². The largest absolute Gasteiger partial charge is 0.352 e. The SMILES string of the molecule is Cc1ccc(C(N)C(=O)NC2CCN(CCc3ccccc3)CC2)cc1.Cl.Cl. The Morgan fingerprint density at radius 2 is 1.68 bits per heavy atom. The Labute approximate surface area is 180 Å². The molecule has 0 aromatic heterocycles. The predicted octanol–water partition coefficient (Wildman–Crippen LogP) is 3.66. The van der Waals surface area contributed by atoms with Crippen molar-refractivity contribution in [3.63, 3.8) is 0 Å². The Bertz CT molecular complexity index is 701. The molecule has 2 aromatic carbocycles. The molecule has 0 bridgehead atoms. The molecule has 1 unspecified atom stereocenters. The number of hydrogen-bond donors (Lipinski definition) is 2. The Morgan fingerprint density at radius 3 is 2.29 bits per heavy atom. The van der Waals surface area contributed by atoms with Gasteiger partial charge in [0, 0.05) is 25.7 Å². The summed E-state index contributed by atoms with van der Waals surface area (Å²) in [6, 6.07) is 18.1. The van der Waals surface area contributed by atoms with Gasteiger partial charge in [-0.2, -0.15) is 0 Å². The van der Waals surface area contributed by atoms with Crippen molar-refractivity contribution in [2.75, 3.05) is 19.6 Å². The first-order valence-electron chi connectivity index (χ1n) is 9.50. The third-order valence-corrected chi connectivity index (χ3v) is 5.21. The molecule has 2 aromatic rings. The molecular weight excluding hydrogens is 393 g/mol. The summed E-state index contributed by atoms with van der Waals surface area (Å²) in [5.41, 5.74) is 9.54. The maximum Gasteiger partial charge on any atom is 0.241 e. The summed E-state index contributed by atoms with van der Waals surface area (Å²) < 4.78 is 0. The van der Waals surface area contributed by atoms with Crippen LogP contribution in [0.15, 0.2) is 54.6 Å². The van der Waals surface area contributed by atoms with Gasteiger partial charge in [0.05, 0.1) is 0 Å². The van der Waals surface area contributed by atoms with Crippen LogP contribution < -0.4 is 11.1 Å². The molecular formula is C22H31Cl2N3O. The zero-order valence-electron chi connectivity index (χ0n) is 16.3. The maximum absolute atomic E-state index is 12.4. The van der Waals surface area contributed by atoms with Crippen LogP contribution in [0.2, 0.25) is 0 Å². The summed E-state index contributed by atoms with van der Waals surface area (Å²) in [5.74, 6) is -0.0726. The van der Waals surface area contributed by atoms with Crippen LogP contribution in [0, 0.1) is 6.92 Å². The molecule has 0 spiro atoms. The molecule has 1 amide bonds. The highest BCUT2D eigenvalue weighted by Gasteiger charge is 2.23. The first-order valence-corrected chi connectivity index (χ1v) is 9.50. The van der Waals surface area contributed by atoms with E-state index in [1.165, 1.54) is 11.1 Å². The van der Waals surface area contributed by atoms with Crippen LogP contribution in [-0.4, -0.2) is 36.5 Å². The quantitative estimate of drug-likeness (QED) is 0.744. The molecule has 0 radical (unpaired) electrons. The first kappa shape index (κ1) is 24.4. The van der Waals surface area contributed by atoms with E-state index in [-0.39, 0.29) is 36.8 Å². The summed E-state index contributed by atoms with van der Waals surface area (Å²) >= 11 is 0. The van der Waals surface area contributed by atoms with Crippen molar-refractivity contribution < 1.29 is 4.79 Å². The second kappa shape index (κ2) is 12.1. The third kappa shape index (κ3) is 7.10. The molecule has 1 aliphatic rings. The number of nitrogens with zero attached hydrogens (tertiary/aromatic N) is 1. The van der Waals surface area contributed by atoms with Gasteiger partial charge in [0.25, 0.3) is 0 Å². The zero-order valence-corrected chi connectivity index (χ0v) is 18.0. The maximum atomic E-state index is 12.4. The highest BCUT2D eigenvalue weighted by molar-refractivity contribution is 5.85. The van der Waals surface area contributed by atoms with Gasteiger partial charge in [-0.3, -0.25) is 4.79 Å². The molecule has 0 saturated carbocycles. The van der Waals surface area contributed by atoms with E-state index in [4.69, 9.17) is 5.73 Å². The van der Waals surface area contributed by atoms with Crippen LogP contribution in [0.3, 0.4) is 0 Å². The molecule has 28 heavy (non-hydrogen) atoms. The van der Waals surface area contributed by atoms with Crippen molar-refractivity contribution in [1.82, 2.24) is 10.2 Å². The van der Waals surface area contributed by atoms with Gasteiger partial charge in [-0.1, -0.05) is 60.2 Å².